The van der Waals surface area contributed by atoms with Gasteiger partial charge in [0.25, 0.3) is 0 Å². The number of hydrogen-bond donors (Lipinski definition) is 2. The fraction of sp³-hybridized carbons (Fsp3) is 0.500. The highest BCUT2D eigenvalue weighted by Crippen LogP contribution is 2.38. The maximum atomic E-state index is 10.4. The van der Waals surface area contributed by atoms with Crippen LogP contribution in [0.1, 0.15) is 31.2 Å². The number of hydrogen-bond acceptors (Lipinski definition) is 7. The van der Waals surface area contributed by atoms with Crippen LogP contribution in [0, 0.1) is 0 Å². The molecule has 2 saturated heterocycles. The van der Waals surface area contributed by atoms with Gasteiger partial charge in [0.05, 0.1) is 42.3 Å². The summed E-state index contributed by atoms with van der Waals surface area (Å²) in [6.07, 6.45) is 4.89. The first-order chi connectivity index (χ1) is 15.3. The van der Waals surface area contributed by atoms with Crippen LogP contribution in [0.25, 0.3) is 10.9 Å². The van der Waals surface area contributed by atoms with E-state index in [1.807, 2.05) is 6.07 Å². The van der Waals surface area contributed by atoms with Crippen LogP contribution < -0.4 is 5.32 Å². The number of aliphatic hydroxyl groups is 1. The summed E-state index contributed by atoms with van der Waals surface area (Å²) in [4.78, 5) is 11.4. The number of nitrogens with zero attached hydrogens (tertiary/aromatic N) is 5. The molecule has 8 nitrogen and oxygen atoms in total. The second kappa shape index (κ2) is 8.43. The Kier molecular flexibility index (Phi) is 5.75. The van der Waals surface area contributed by atoms with Crippen molar-refractivity contribution in [2.45, 2.75) is 37.3 Å². The van der Waals surface area contributed by atoms with Gasteiger partial charge in [0.15, 0.2) is 0 Å². The van der Waals surface area contributed by atoms with Crippen LogP contribution in [-0.4, -0.2) is 67.7 Å². The van der Waals surface area contributed by atoms with E-state index in [2.05, 4.69) is 38.3 Å². The van der Waals surface area contributed by atoms with Crippen LogP contribution in [0.4, 0.5) is 11.6 Å². The van der Waals surface area contributed by atoms with Crippen molar-refractivity contribution in [3.05, 3.63) is 40.3 Å². The van der Waals surface area contributed by atoms with Crippen LogP contribution in [-0.2, 0) is 11.8 Å². The van der Waals surface area contributed by atoms with E-state index < -0.39 is 6.10 Å². The first kappa shape index (κ1) is 21.9. The van der Waals surface area contributed by atoms with Gasteiger partial charge >= 0.3 is 0 Å². The molecule has 0 saturated carbocycles. The zero-order valence-corrected chi connectivity index (χ0v) is 19.6. The van der Waals surface area contributed by atoms with Crippen molar-refractivity contribution in [1.29, 1.82) is 0 Å². The number of nitrogens with one attached hydrogen (secondary N) is 1. The number of anilines is 2. The molecule has 5 rings (SSSR count). The number of rotatable bonds is 4. The van der Waals surface area contributed by atoms with Crippen molar-refractivity contribution in [3.63, 3.8) is 0 Å². The monoisotopic (exact) mass is 476 g/mol. The molecular weight excluding hydrogens is 451 g/mol. The molecule has 2 aromatic heterocycles. The summed E-state index contributed by atoms with van der Waals surface area (Å²) < 4.78 is 7.10. The second-order valence-electron chi connectivity index (χ2n) is 8.87. The highest BCUT2D eigenvalue weighted by atomic mass is 35.5. The summed E-state index contributed by atoms with van der Waals surface area (Å²) >= 11 is 12.9. The highest BCUT2D eigenvalue weighted by molar-refractivity contribution is 6.32. The molecule has 0 radical (unpaired) electrons. The molecule has 0 bridgehead atoms. The molecule has 0 amide bonds. The third-order valence-corrected chi connectivity index (χ3v) is 7.63. The molecule has 2 unspecified atom stereocenters. The Hall–Kier alpha value is -1.97. The molecule has 170 valence electrons. The zero-order chi connectivity index (χ0) is 22.5. The standard InChI is InChI=1S/C22H26Cl2N6O2/c1-22(12-32-11-19(22)31)30-5-3-13(4-6-30)15-8-17-14(7-16(15)23)9-25-21(27-17)28-18-10-26-29(2)20(18)24/h7-10,13,19,31H,3-6,11-12H2,1-2H3,(H,25,27,28). The number of ether oxygens (including phenoxy) is 1. The van der Waals surface area contributed by atoms with Crippen molar-refractivity contribution >= 4 is 45.7 Å². The maximum absolute atomic E-state index is 10.4. The topological polar surface area (TPSA) is 88.3 Å². The zero-order valence-electron chi connectivity index (χ0n) is 18.1. The van der Waals surface area contributed by atoms with Crippen molar-refractivity contribution in [2.75, 3.05) is 31.6 Å². The minimum absolute atomic E-state index is 0.306. The van der Waals surface area contributed by atoms with Crippen LogP contribution in [0.3, 0.4) is 0 Å². The number of halogens is 2. The molecule has 10 heteroatoms. The predicted octanol–water partition coefficient (Wildman–Crippen LogP) is 3.74. The summed E-state index contributed by atoms with van der Waals surface area (Å²) in [6.45, 7) is 4.86. The average molecular weight is 477 g/mol. The van der Waals surface area contributed by atoms with Crippen LogP contribution in [0.2, 0.25) is 10.2 Å². The van der Waals surface area contributed by atoms with Crippen molar-refractivity contribution in [2.24, 2.45) is 7.05 Å². The van der Waals surface area contributed by atoms with Gasteiger partial charge in [0.2, 0.25) is 5.95 Å². The lowest BCUT2D eigenvalue weighted by Crippen LogP contribution is -2.56. The Bertz CT molecular complexity index is 1150. The lowest BCUT2D eigenvalue weighted by molar-refractivity contribution is -0.00211. The van der Waals surface area contributed by atoms with Gasteiger partial charge in [-0.3, -0.25) is 9.58 Å². The molecule has 2 fully saturated rings. The van der Waals surface area contributed by atoms with E-state index in [4.69, 9.17) is 27.9 Å². The van der Waals surface area contributed by atoms with Gasteiger partial charge in [-0.2, -0.15) is 5.10 Å². The van der Waals surface area contributed by atoms with Gasteiger partial charge in [-0.1, -0.05) is 23.2 Å². The SMILES string of the molecule is Cn1ncc(Nc2ncc3cc(Cl)c(C4CCN(C5(C)COCC5O)CC4)cc3n2)c1Cl. The van der Waals surface area contributed by atoms with Crippen molar-refractivity contribution in [3.8, 4) is 0 Å². The predicted molar refractivity (Wildman–Crippen MR) is 125 cm³/mol. The molecule has 2 N–H and O–H groups in total. The molecule has 2 aliphatic heterocycles. The molecule has 0 spiro atoms. The minimum atomic E-state index is -0.445. The number of likely N-dealkylation sites (tertiary alicyclic amines) is 1. The number of aliphatic hydroxyl groups excluding tert-OH is 1. The van der Waals surface area contributed by atoms with Crippen LogP contribution in [0.15, 0.2) is 24.5 Å². The van der Waals surface area contributed by atoms with E-state index in [-0.39, 0.29) is 5.54 Å². The Morgan fingerprint density at radius 2 is 2.00 bits per heavy atom. The summed E-state index contributed by atoms with van der Waals surface area (Å²) in [6, 6.07) is 4.01. The largest absolute Gasteiger partial charge is 0.389 e. The number of aryl methyl sites for hydroxylation is 1. The number of fused-ring (bicyclic) bond motifs is 1. The van der Waals surface area contributed by atoms with Crippen LogP contribution in [0.5, 0.6) is 0 Å². The summed E-state index contributed by atoms with van der Waals surface area (Å²) in [5.74, 6) is 0.795. The Morgan fingerprint density at radius 1 is 1.22 bits per heavy atom. The van der Waals surface area contributed by atoms with Gasteiger partial charge in [-0.15, -0.1) is 0 Å². The van der Waals surface area contributed by atoms with Gasteiger partial charge in [0.1, 0.15) is 5.15 Å². The molecule has 3 aromatic rings. The lowest BCUT2D eigenvalue weighted by Gasteiger charge is -2.43. The van der Waals surface area contributed by atoms with E-state index in [9.17, 15) is 5.11 Å². The van der Waals surface area contributed by atoms with E-state index in [0.717, 1.165) is 47.4 Å². The van der Waals surface area contributed by atoms with Crippen LogP contribution >= 0.6 is 23.2 Å². The van der Waals surface area contributed by atoms with E-state index >= 15 is 0 Å². The quantitative estimate of drug-likeness (QED) is 0.592. The highest BCUT2D eigenvalue weighted by Gasteiger charge is 2.45. The minimum Gasteiger partial charge on any atom is -0.389 e. The average Bonchev–Trinajstić information content (AvgIpc) is 3.30. The molecule has 4 heterocycles. The fourth-order valence-corrected chi connectivity index (χ4v) is 5.19. The first-order valence-corrected chi connectivity index (χ1v) is 11.5. The smallest absolute Gasteiger partial charge is 0.227 e. The van der Waals surface area contributed by atoms with Gasteiger partial charge in [0, 0.05) is 23.7 Å². The molecular formula is C22H26Cl2N6O2. The van der Waals surface area contributed by atoms with Crippen molar-refractivity contribution in [1.82, 2.24) is 24.6 Å². The lowest BCUT2D eigenvalue weighted by atomic mass is 9.85. The number of aromatic nitrogens is 4. The summed E-state index contributed by atoms with van der Waals surface area (Å²) in [5, 5.41) is 19.8. The van der Waals surface area contributed by atoms with Gasteiger partial charge < -0.3 is 15.2 Å². The number of piperidine rings is 1. The summed E-state index contributed by atoms with van der Waals surface area (Å²) in [5.41, 5.74) is 2.29. The second-order valence-corrected chi connectivity index (χ2v) is 9.64. The van der Waals surface area contributed by atoms with E-state index in [1.165, 1.54) is 0 Å². The molecule has 0 aliphatic carbocycles. The molecule has 1 aromatic carbocycles. The third-order valence-electron chi connectivity index (χ3n) is 6.86. The first-order valence-electron chi connectivity index (χ1n) is 10.8. The Morgan fingerprint density at radius 3 is 2.66 bits per heavy atom. The summed E-state index contributed by atoms with van der Waals surface area (Å²) in [7, 11) is 1.77. The van der Waals surface area contributed by atoms with E-state index in [0.29, 0.717) is 35.9 Å². The maximum Gasteiger partial charge on any atom is 0.227 e. The van der Waals surface area contributed by atoms with Crippen molar-refractivity contribution < 1.29 is 9.84 Å². The van der Waals surface area contributed by atoms with Gasteiger partial charge in [-0.25, -0.2) is 9.97 Å². The fourth-order valence-electron chi connectivity index (χ4n) is 4.72. The Labute approximate surface area is 196 Å². The number of benzene rings is 1. The molecule has 32 heavy (non-hydrogen) atoms. The molecule has 2 atom stereocenters. The molecule has 2 aliphatic rings. The normalized spacial score (nSPS) is 25.0. The van der Waals surface area contributed by atoms with Gasteiger partial charge in [-0.05, 0) is 56.5 Å². The Balaban J connectivity index is 1.36. The van der Waals surface area contributed by atoms with E-state index in [1.54, 1.807) is 24.1 Å². The third kappa shape index (κ3) is 3.84.